The SMILES string of the molecule is CCCCN(C[C@@H]1CCO[C@@H]1C(C)(C)C)C(=O)OCC. The number of amides is 1. The topological polar surface area (TPSA) is 38.8 Å². The molecular formula is C16H31NO3. The van der Waals surface area contributed by atoms with E-state index >= 15 is 0 Å². The Labute approximate surface area is 123 Å². The van der Waals surface area contributed by atoms with Gasteiger partial charge in [0.25, 0.3) is 0 Å². The van der Waals surface area contributed by atoms with E-state index in [2.05, 4.69) is 27.7 Å². The molecule has 1 amide bonds. The van der Waals surface area contributed by atoms with Crippen LogP contribution in [0, 0.1) is 11.3 Å². The van der Waals surface area contributed by atoms with Crippen molar-refractivity contribution in [3.63, 3.8) is 0 Å². The molecule has 1 fully saturated rings. The summed E-state index contributed by atoms with van der Waals surface area (Å²) in [6.45, 7) is 13.4. The number of unbranched alkanes of at least 4 members (excludes halogenated alkanes) is 1. The minimum atomic E-state index is -0.180. The molecule has 1 heterocycles. The van der Waals surface area contributed by atoms with Gasteiger partial charge in [0.1, 0.15) is 0 Å². The Morgan fingerprint density at radius 2 is 2.05 bits per heavy atom. The first-order chi connectivity index (χ1) is 9.40. The van der Waals surface area contributed by atoms with E-state index in [-0.39, 0.29) is 17.6 Å². The van der Waals surface area contributed by atoms with Crippen LogP contribution in [0.25, 0.3) is 0 Å². The number of carbonyl (C=O) groups excluding carboxylic acids is 1. The van der Waals surface area contributed by atoms with Gasteiger partial charge in [0, 0.05) is 25.6 Å². The highest BCUT2D eigenvalue weighted by Crippen LogP contribution is 2.35. The van der Waals surface area contributed by atoms with Gasteiger partial charge in [-0.3, -0.25) is 0 Å². The minimum Gasteiger partial charge on any atom is -0.450 e. The van der Waals surface area contributed by atoms with Crippen LogP contribution in [0.1, 0.15) is 53.9 Å². The van der Waals surface area contributed by atoms with Gasteiger partial charge < -0.3 is 14.4 Å². The molecule has 0 radical (unpaired) electrons. The molecule has 0 aliphatic carbocycles. The summed E-state index contributed by atoms with van der Waals surface area (Å²) < 4.78 is 11.1. The second-order valence-electron chi connectivity index (χ2n) is 6.70. The molecule has 118 valence electrons. The van der Waals surface area contributed by atoms with Crippen molar-refractivity contribution < 1.29 is 14.3 Å². The largest absolute Gasteiger partial charge is 0.450 e. The molecule has 2 atom stereocenters. The van der Waals surface area contributed by atoms with E-state index in [1.54, 1.807) is 0 Å². The fraction of sp³-hybridized carbons (Fsp3) is 0.938. The molecule has 4 nitrogen and oxygen atoms in total. The highest BCUT2D eigenvalue weighted by Gasteiger charge is 2.38. The van der Waals surface area contributed by atoms with E-state index in [4.69, 9.17) is 9.47 Å². The van der Waals surface area contributed by atoms with Gasteiger partial charge in [0.2, 0.25) is 0 Å². The van der Waals surface area contributed by atoms with Gasteiger partial charge >= 0.3 is 6.09 Å². The van der Waals surface area contributed by atoms with Gasteiger partial charge in [0.05, 0.1) is 12.7 Å². The van der Waals surface area contributed by atoms with Gasteiger partial charge in [-0.05, 0) is 25.2 Å². The second-order valence-corrected chi connectivity index (χ2v) is 6.70. The van der Waals surface area contributed by atoms with Gasteiger partial charge in [-0.25, -0.2) is 4.79 Å². The Hall–Kier alpha value is -0.770. The van der Waals surface area contributed by atoms with Crippen LogP contribution in [0.15, 0.2) is 0 Å². The Bertz CT molecular complexity index is 299. The summed E-state index contributed by atoms with van der Waals surface area (Å²) in [5.74, 6) is 0.413. The summed E-state index contributed by atoms with van der Waals surface area (Å²) in [6.07, 6.45) is 3.18. The molecule has 0 N–H and O–H groups in total. The highest BCUT2D eigenvalue weighted by atomic mass is 16.6. The molecule has 1 saturated heterocycles. The minimum absolute atomic E-state index is 0.117. The summed E-state index contributed by atoms with van der Waals surface area (Å²) >= 11 is 0. The predicted molar refractivity (Wildman–Crippen MR) is 80.8 cm³/mol. The lowest BCUT2D eigenvalue weighted by Crippen LogP contribution is -2.42. The van der Waals surface area contributed by atoms with E-state index in [0.717, 1.165) is 39.0 Å². The normalized spacial score (nSPS) is 22.9. The smallest absolute Gasteiger partial charge is 0.409 e. The number of rotatable bonds is 6. The maximum atomic E-state index is 12.1. The molecule has 0 aromatic carbocycles. The lowest BCUT2D eigenvalue weighted by atomic mass is 9.81. The van der Waals surface area contributed by atoms with Gasteiger partial charge in [-0.15, -0.1) is 0 Å². The fourth-order valence-electron chi connectivity index (χ4n) is 2.88. The van der Waals surface area contributed by atoms with E-state index in [0.29, 0.717) is 12.5 Å². The van der Waals surface area contributed by atoms with Crippen LogP contribution in [-0.4, -0.2) is 43.4 Å². The van der Waals surface area contributed by atoms with Gasteiger partial charge in [-0.2, -0.15) is 0 Å². The number of carbonyl (C=O) groups is 1. The average Bonchev–Trinajstić information content (AvgIpc) is 2.82. The van der Waals surface area contributed by atoms with Crippen LogP contribution in [0.2, 0.25) is 0 Å². The predicted octanol–water partition coefficient (Wildman–Crippen LogP) is 3.70. The monoisotopic (exact) mass is 285 g/mol. The molecule has 0 saturated carbocycles. The van der Waals surface area contributed by atoms with Crippen molar-refractivity contribution >= 4 is 6.09 Å². The Balaban J connectivity index is 2.65. The Kier molecular flexibility index (Phi) is 6.80. The molecule has 0 spiro atoms. The third-order valence-electron chi connectivity index (χ3n) is 3.83. The van der Waals surface area contributed by atoms with Crippen LogP contribution in [0.3, 0.4) is 0 Å². The second kappa shape index (κ2) is 7.87. The van der Waals surface area contributed by atoms with E-state index in [9.17, 15) is 4.79 Å². The van der Waals surface area contributed by atoms with Crippen molar-refractivity contribution in [2.45, 2.75) is 60.0 Å². The lowest BCUT2D eigenvalue weighted by molar-refractivity contribution is -0.000757. The zero-order valence-electron chi connectivity index (χ0n) is 13.8. The van der Waals surface area contributed by atoms with E-state index in [1.807, 2.05) is 11.8 Å². The zero-order valence-corrected chi connectivity index (χ0v) is 13.8. The van der Waals surface area contributed by atoms with Crippen LogP contribution in [0.4, 0.5) is 4.79 Å². The van der Waals surface area contributed by atoms with Gasteiger partial charge in [-0.1, -0.05) is 34.1 Å². The van der Waals surface area contributed by atoms with Crippen molar-refractivity contribution in [3.05, 3.63) is 0 Å². The average molecular weight is 285 g/mol. The molecule has 0 unspecified atom stereocenters. The molecule has 0 bridgehead atoms. The summed E-state index contributed by atoms with van der Waals surface area (Å²) in [5.41, 5.74) is 0.117. The first-order valence-corrected chi connectivity index (χ1v) is 7.93. The first kappa shape index (κ1) is 17.3. The standard InChI is InChI=1S/C16H31NO3/c1-6-8-10-17(15(18)19-7-2)12-13-9-11-20-14(13)16(3,4)5/h13-14H,6-12H2,1-5H3/t13-,14-/m0/s1. The molecule has 4 heteroatoms. The molecular weight excluding hydrogens is 254 g/mol. The Morgan fingerprint density at radius 1 is 1.35 bits per heavy atom. The highest BCUT2D eigenvalue weighted by molar-refractivity contribution is 5.67. The van der Waals surface area contributed by atoms with Crippen molar-refractivity contribution in [2.24, 2.45) is 11.3 Å². The summed E-state index contributed by atoms with van der Waals surface area (Å²) in [4.78, 5) is 13.9. The summed E-state index contributed by atoms with van der Waals surface area (Å²) in [6, 6.07) is 0. The molecule has 1 aliphatic rings. The van der Waals surface area contributed by atoms with Crippen molar-refractivity contribution in [1.29, 1.82) is 0 Å². The van der Waals surface area contributed by atoms with E-state index in [1.165, 1.54) is 0 Å². The maximum Gasteiger partial charge on any atom is 0.409 e. The van der Waals surface area contributed by atoms with Crippen LogP contribution in [-0.2, 0) is 9.47 Å². The molecule has 20 heavy (non-hydrogen) atoms. The van der Waals surface area contributed by atoms with Crippen LogP contribution in [0.5, 0.6) is 0 Å². The number of hydrogen-bond acceptors (Lipinski definition) is 3. The third-order valence-corrected chi connectivity index (χ3v) is 3.83. The quantitative estimate of drug-likeness (QED) is 0.747. The van der Waals surface area contributed by atoms with Crippen molar-refractivity contribution in [2.75, 3.05) is 26.3 Å². The molecule has 0 aromatic heterocycles. The molecule has 0 aromatic rings. The van der Waals surface area contributed by atoms with Crippen molar-refractivity contribution in [1.82, 2.24) is 4.90 Å². The maximum absolute atomic E-state index is 12.1. The number of nitrogens with zero attached hydrogens (tertiary/aromatic N) is 1. The summed E-state index contributed by atoms with van der Waals surface area (Å²) in [5, 5.41) is 0. The Morgan fingerprint density at radius 3 is 2.60 bits per heavy atom. The first-order valence-electron chi connectivity index (χ1n) is 7.93. The third kappa shape index (κ3) is 4.97. The van der Waals surface area contributed by atoms with E-state index < -0.39 is 0 Å². The number of ether oxygens (including phenoxy) is 2. The summed E-state index contributed by atoms with van der Waals surface area (Å²) in [7, 11) is 0. The van der Waals surface area contributed by atoms with Crippen LogP contribution < -0.4 is 0 Å². The molecule has 1 rings (SSSR count). The zero-order chi connectivity index (χ0) is 15.2. The number of hydrogen-bond donors (Lipinski definition) is 0. The van der Waals surface area contributed by atoms with Gasteiger partial charge in [0.15, 0.2) is 0 Å². The van der Waals surface area contributed by atoms with Crippen molar-refractivity contribution in [3.8, 4) is 0 Å². The van der Waals surface area contributed by atoms with Crippen LogP contribution >= 0.6 is 0 Å². The molecule has 1 aliphatic heterocycles. The lowest BCUT2D eigenvalue weighted by Gasteiger charge is -2.34. The fourth-order valence-corrected chi connectivity index (χ4v) is 2.88.